The fourth-order valence-corrected chi connectivity index (χ4v) is 3.41. The van der Waals surface area contributed by atoms with Crippen LogP contribution in [0.4, 0.5) is 0 Å². The molecule has 0 aliphatic heterocycles. The monoisotopic (exact) mass is 314 g/mol. The first-order valence-corrected chi connectivity index (χ1v) is 8.07. The van der Waals surface area contributed by atoms with Crippen molar-refractivity contribution < 1.29 is 4.79 Å². The summed E-state index contributed by atoms with van der Waals surface area (Å²) >= 11 is 0. The predicted molar refractivity (Wildman–Crippen MR) is 88.0 cm³/mol. The van der Waals surface area contributed by atoms with Crippen molar-refractivity contribution >= 4 is 11.6 Å². The van der Waals surface area contributed by atoms with Crippen LogP contribution in [0.5, 0.6) is 0 Å². The standard InChI is InChI=1S/C17H22N4O2/c1-11-5-4-8-15-20-12(9-16(22)21(11)15)10-19-14-7-3-2-6-13(14)17(18)23/h4-5,8-9,13-14,19H,2-3,6-7,10H2,1H3,(H2,18,23). The summed E-state index contributed by atoms with van der Waals surface area (Å²) in [5.41, 5.74) is 7.60. The van der Waals surface area contributed by atoms with E-state index in [2.05, 4.69) is 10.3 Å². The highest BCUT2D eigenvalue weighted by Crippen LogP contribution is 2.24. The first kappa shape index (κ1) is 15.7. The van der Waals surface area contributed by atoms with Gasteiger partial charge in [0.15, 0.2) is 0 Å². The summed E-state index contributed by atoms with van der Waals surface area (Å²) in [5.74, 6) is -0.378. The maximum absolute atomic E-state index is 12.3. The molecule has 1 aliphatic rings. The van der Waals surface area contributed by atoms with Crippen LogP contribution in [-0.2, 0) is 11.3 Å². The molecule has 6 nitrogen and oxygen atoms in total. The summed E-state index contributed by atoms with van der Waals surface area (Å²) in [5, 5.41) is 3.36. The minimum atomic E-state index is -0.246. The van der Waals surface area contributed by atoms with Crippen LogP contribution in [-0.4, -0.2) is 21.3 Å². The SMILES string of the molecule is Cc1cccc2nc(CNC3CCCCC3C(N)=O)cc(=O)n12. The molecular weight excluding hydrogens is 292 g/mol. The number of aryl methyl sites for hydroxylation is 1. The number of rotatable bonds is 4. The highest BCUT2D eigenvalue weighted by atomic mass is 16.1. The van der Waals surface area contributed by atoms with Crippen molar-refractivity contribution in [2.24, 2.45) is 11.7 Å². The highest BCUT2D eigenvalue weighted by molar-refractivity contribution is 5.77. The number of pyridine rings is 1. The molecule has 2 atom stereocenters. The summed E-state index contributed by atoms with van der Waals surface area (Å²) in [4.78, 5) is 28.4. The lowest BCUT2D eigenvalue weighted by atomic mass is 9.84. The zero-order chi connectivity index (χ0) is 16.4. The number of hydrogen-bond donors (Lipinski definition) is 2. The summed E-state index contributed by atoms with van der Waals surface area (Å²) in [7, 11) is 0. The molecule has 2 heterocycles. The Morgan fingerprint density at radius 3 is 2.96 bits per heavy atom. The molecule has 1 saturated carbocycles. The number of fused-ring (bicyclic) bond motifs is 1. The van der Waals surface area contributed by atoms with Gasteiger partial charge >= 0.3 is 0 Å². The van der Waals surface area contributed by atoms with Crippen LogP contribution < -0.4 is 16.6 Å². The van der Waals surface area contributed by atoms with Crippen LogP contribution in [0.1, 0.15) is 37.1 Å². The van der Waals surface area contributed by atoms with Crippen LogP contribution in [0.3, 0.4) is 0 Å². The largest absolute Gasteiger partial charge is 0.369 e. The normalized spacial score (nSPS) is 21.4. The fraction of sp³-hybridized carbons (Fsp3) is 0.471. The average Bonchev–Trinajstić information content (AvgIpc) is 2.53. The minimum Gasteiger partial charge on any atom is -0.369 e. The van der Waals surface area contributed by atoms with Crippen LogP contribution in [0.25, 0.3) is 5.65 Å². The second-order valence-electron chi connectivity index (χ2n) is 6.23. The van der Waals surface area contributed by atoms with Gasteiger partial charge in [0.05, 0.1) is 11.6 Å². The Morgan fingerprint density at radius 2 is 2.17 bits per heavy atom. The molecule has 3 rings (SSSR count). The Labute approximate surface area is 134 Å². The molecule has 0 aromatic carbocycles. The van der Waals surface area contributed by atoms with Crippen molar-refractivity contribution in [1.82, 2.24) is 14.7 Å². The van der Waals surface area contributed by atoms with Gasteiger partial charge in [0.25, 0.3) is 5.56 Å². The summed E-state index contributed by atoms with van der Waals surface area (Å²) < 4.78 is 1.59. The van der Waals surface area contributed by atoms with Crippen molar-refractivity contribution in [2.75, 3.05) is 0 Å². The second kappa shape index (κ2) is 6.50. The van der Waals surface area contributed by atoms with E-state index in [0.29, 0.717) is 17.9 Å². The van der Waals surface area contributed by atoms with Gasteiger partial charge in [-0.1, -0.05) is 18.9 Å². The Hall–Kier alpha value is -2.21. The molecule has 122 valence electrons. The molecule has 2 unspecified atom stereocenters. The van der Waals surface area contributed by atoms with Crippen molar-refractivity contribution in [3.63, 3.8) is 0 Å². The van der Waals surface area contributed by atoms with E-state index >= 15 is 0 Å². The molecule has 0 saturated heterocycles. The maximum Gasteiger partial charge on any atom is 0.258 e. The van der Waals surface area contributed by atoms with Gasteiger partial charge in [-0.2, -0.15) is 0 Å². The molecule has 0 bridgehead atoms. The summed E-state index contributed by atoms with van der Waals surface area (Å²) in [6.07, 6.45) is 3.90. The van der Waals surface area contributed by atoms with Crippen LogP contribution >= 0.6 is 0 Å². The van der Waals surface area contributed by atoms with E-state index in [4.69, 9.17) is 5.73 Å². The number of amides is 1. The summed E-state index contributed by atoms with van der Waals surface area (Å²) in [6, 6.07) is 7.21. The minimum absolute atomic E-state index is 0.0685. The number of carbonyl (C=O) groups excluding carboxylic acids is 1. The number of nitrogens with one attached hydrogen (secondary N) is 1. The summed E-state index contributed by atoms with van der Waals surface area (Å²) in [6.45, 7) is 2.35. The molecule has 1 fully saturated rings. The van der Waals surface area contributed by atoms with E-state index in [0.717, 1.165) is 31.4 Å². The third-order valence-corrected chi connectivity index (χ3v) is 4.61. The lowest BCUT2D eigenvalue weighted by molar-refractivity contribution is -0.123. The molecule has 1 aliphatic carbocycles. The third-order valence-electron chi connectivity index (χ3n) is 4.61. The van der Waals surface area contributed by atoms with Crippen LogP contribution in [0.15, 0.2) is 29.1 Å². The lowest BCUT2D eigenvalue weighted by Crippen LogP contribution is -2.44. The first-order chi connectivity index (χ1) is 11.1. The maximum atomic E-state index is 12.3. The van der Waals surface area contributed by atoms with Gasteiger partial charge in [0, 0.05) is 24.3 Å². The van der Waals surface area contributed by atoms with E-state index in [9.17, 15) is 9.59 Å². The van der Waals surface area contributed by atoms with Crippen molar-refractivity contribution in [3.8, 4) is 0 Å². The average molecular weight is 314 g/mol. The molecular formula is C17H22N4O2. The highest BCUT2D eigenvalue weighted by Gasteiger charge is 2.28. The Bertz CT molecular complexity index is 784. The molecule has 0 spiro atoms. The van der Waals surface area contributed by atoms with Crippen LogP contribution in [0, 0.1) is 12.8 Å². The van der Waals surface area contributed by atoms with Gasteiger partial charge in [-0.25, -0.2) is 4.98 Å². The second-order valence-corrected chi connectivity index (χ2v) is 6.23. The third kappa shape index (κ3) is 3.27. The van der Waals surface area contributed by atoms with Gasteiger partial charge in [-0.15, -0.1) is 0 Å². The number of hydrogen-bond acceptors (Lipinski definition) is 4. The Balaban J connectivity index is 1.79. The smallest absolute Gasteiger partial charge is 0.258 e. The van der Waals surface area contributed by atoms with Crippen molar-refractivity contribution in [3.05, 3.63) is 46.0 Å². The number of nitrogens with two attached hydrogens (primary N) is 1. The van der Waals surface area contributed by atoms with E-state index in [1.54, 1.807) is 10.5 Å². The first-order valence-electron chi connectivity index (χ1n) is 8.07. The van der Waals surface area contributed by atoms with E-state index < -0.39 is 0 Å². The molecule has 2 aromatic rings. The van der Waals surface area contributed by atoms with Gasteiger partial charge in [-0.3, -0.25) is 14.0 Å². The van der Waals surface area contributed by atoms with Crippen molar-refractivity contribution in [2.45, 2.75) is 45.2 Å². The van der Waals surface area contributed by atoms with Crippen molar-refractivity contribution in [1.29, 1.82) is 0 Å². The molecule has 0 radical (unpaired) electrons. The molecule has 3 N–H and O–H groups in total. The van der Waals surface area contributed by atoms with Gasteiger partial charge in [0.2, 0.25) is 5.91 Å². The Morgan fingerprint density at radius 1 is 1.39 bits per heavy atom. The topological polar surface area (TPSA) is 89.5 Å². The van der Waals surface area contributed by atoms with Gasteiger partial charge in [-0.05, 0) is 31.9 Å². The molecule has 23 heavy (non-hydrogen) atoms. The van der Waals surface area contributed by atoms with Crippen LogP contribution in [0.2, 0.25) is 0 Å². The molecule has 1 amide bonds. The number of primary amides is 1. The van der Waals surface area contributed by atoms with Gasteiger partial charge < -0.3 is 11.1 Å². The lowest BCUT2D eigenvalue weighted by Gasteiger charge is -2.30. The molecule has 6 heteroatoms. The van der Waals surface area contributed by atoms with E-state index in [1.165, 1.54) is 0 Å². The van der Waals surface area contributed by atoms with E-state index in [1.807, 2.05) is 25.1 Å². The zero-order valence-electron chi connectivity index (χ0n) is 13.3. The Kier molecular flexibility index (Phi) is 4.43. The number of aromatic nitrogens is 2. The quantitative estimate of drug-likeness (QED) is 0.885. The number of carbonyl (C=O) groups is 1. The zero-order valence-corrected chi connectivity index (χ0v) is 13.3. The van der Waals surface area contributed by atoms with E-state index in [-0.39, 0.29) is 23.4 Å². The number of nitrogens with zero attached hydrogens (tertiary/aromatic N) is 2. The molecule has 2 aromatic heterocycles. The van der Waals surface area contributed by atoms with Gasteiger partial charge in [0.1, 0.15) is 5.65 Å². The fourth-order valence-electron chi connectivity index (χ4n) is 3.41. The predicted octanol–water partition coefficient (Wildman–Crippen LogP) is 1.14.